The molecule has 18 heavy (non-hydrogen) atoms. The Morgan fingerprint density at radius 3 is 2.72 bits per heavy atom. The zero-order valence-corrected chi connectivity index (χ0v) is 10.7. The minimum atomic E-state index is -0.121. The monoisotopic (exact) mass is 242 g/mol. The zero-order valence-electron chi connectivity index (χ0n) is 10.7. The number of hydrazine groups is 1. The summed E-state index contributed by atoms with van der Waals surface area (Å²) in [6.45, 7) is 4.05. The highest BCUT2D eigenvalue weighted by molar-refractivity contribution is 5.30. The van der Waals surface area contributed by atoms with Crippen LogP contribution in [0.2, 0.25) is 0 Å². The molecule has 0 aliphatic rings. The number of hydrogen-bond donors (Lipinski definition) is 2. The molecule has 0 aliphatic heterocycles. The molecule has 0 saturated heterocycles. The van der Waals surface area contributed by atoms with Crippen molar-refractivity contribution in [1.29, 1.82) is 0 Å². The third-order valence-electron chi connectivity index (χ3n) is 2.96. The lowest BCUT2D eigenvalue weighted by molar-refractivity contribution is 0.616. The molecule has 0 fully saturated rings. The van der Waals surface area contributed by atoms with Crippen LogP contribution in [-0.4, -0.2) is 9.97 Å². The summed E-state index contributed by atoms with van der Waals surface area (Å²) in [6, 6.07) is 8.22. The summed E-state index contributed by atoms with van der Waals surface area (Å²) in [4.78, 5) is 8.63. The molecule has 1 unspecified atom stereocenters. The second-order valence-corrected chi connectivity index (χ2v) is 4.28. The molecule has 4 nitrogen and oxygen atoms in total. The van der Waals surface area contributed by atoms with E-state index < -0.39 is 0 Å². The van der Waals surface area contributed by atoms with Gasteiger partial charge in [-0.25, -0.2) is 5.43 Å². The third kappa shape index (κ3) is 2.72. The first-order valence-electron chi connectivity index (χ1n) is 6.08. The Kier molecular flexibility index (Phi) is 4.02. The van der Waals surface area contributed by atoms with Crippen molar-refractivity contribution in [2.45, 2.75) is 26.3 Å². The van der Waals surface area contributed by atoms with Gasteiger partial charge in [0.2, 0.25) is 0 Å². The molecule has 3 N–H and O–H groups in total. The van der Waals surface area contributed by atoms with Crippen molar-refractivity contribution in [3.63, 3.8) is 0 Å². The maximum absolute atomic E-state index is 5.65. The third-order valence-corrected chi connectivity index (χ3v) is 2.96. The second-order valence-electron chi connectivity index (χ2n) is 4.28. The molecule has 0 saturated carbocycles. The molecule has 2 rings (SSSR count). The van der Waals surface area contributed by atoms with Gasteiger partial charge in [-0.15, -0.1) is 0 Å². The van der Waals surface area contributed by atoms with Crippen LogP contribution in [0, 0.1) is 6.92 Å². The highest BCUT2D eigenvalue weighted by Crippen LogP contribution is 2.20. The topological polar surface area (TPSA) is 63.8 Å². The first kappa shape index (κ1) is 12.7. The zero-order chi connectivity index (χ0) is 13.0. The molecule has 0 bridgehead atoms. The first-order valence-corrected chi connectivity index (χ1v) is 6.08. The number of nitrogens with one attached hydrogen (secondary N) is 1. The molecule has 0 spiro atoms. The molecule has 94 valence electrons. The van der Waals surface area contributed by atoms with Crippen molar-refractivity contribution in [2.75, 3.05) is 0 Å². The van der Waals surface area contributed by atoms with Crippen molar-refractivity contribution in [3.05, 3.63) is 59.2 Å². The van der Waals surface area contributed by atoms with E-state index in [1.807, 2.05) is 19.1 Å². The van der Waals surface area contributed by atoms with Crippen molar-refractivity contribution in [3.8, 4) is 0 Å². The minimum Gasteiger partial charge on any atom is -0.271 e. The number of nitrogens with zero attached hydrogens (tertiary/aromatic N) is 2. The van der Waals surface area contributed by atoms with Gasteiger partial charge in [-0.05, 0) is 24.5 Å². The normalized spacial score (nSPS) is 12.4. The average Bonchev–Trinajstić information content (AvgIpc) is 2.42. The summed E-state index contributed by atoms with van der Waals surface area (Å²) in [5.74, 6) is 5.65. The van der Waals surface area contributed by atoms with Gasteiger partial charge in [0.25, 0.3) is 0 Å². The number of nitrogens with two attached hydrogens (primary N) is 1. The lowest BCUT2D eigenvalue weighted by atomic mass is 10.0. The van der Waals surface area contributed by atoms with Gasteiger partial charge < -0.3 is 0 Å². The smallest absolute Gasteiger partial charge is 0.0897 e. The van der Waals surface area contributed by atoms with E-state index in [2.05, 4.69) is 34.5 Å². The van der Waals surface area contributed by atoms with Crippen LogP contribution in [0.5, 0.6) is 0 Å². The fraction of sp³-hybridized carbons (Fsp3) is 0.286. The molecule has 0 radical (unpaired) electrons. The van der Waals surface area contributed by atoms with Gasteiger partial charge in [-0.1, -0.05) is 31.2 Å². The quantitative estimate of drug-likeness (QED) is 0.635. The molecule has 4 heteroatoms. The fourth-order valence-electron chi connectivity index (χ4n) is 1.90. The van der Waals surface area contributed by atoms with E-state index in [1.165, 1.54) is 5.56 Å². The van der Waals surface area contributed by atoms with Gasteiger partial charge in [-0.3, -0.25) is 15.8 Å². The van der Waals surface area contributed by atoms with Crippen LogP contribution in [0.15, 0.2) is 36.7 Å². The summed E-state index contributed by atoms with van der Waals surface area (Å²) in [5, 5.41) is 0. The average molecular weight is 242 g/mol. The molecule has 0 amide bonds. The fourth-order valence-corrected chi connectivity index (χ4v) is 1.90. The van der Waals surface area contributed by atoms with Crippen molar-refractivity contribution < 1.29 is 0 Å². The molecular weight excluding hydrogens is 224 g/mol. The van der Waals surface area contributed by atoms with Crippen LogP contribution in [-0.2, 0) is 6.42 Å². The standard InChI is InChI=1S/C14H18N4/c1-3-11-5-4-6-12(7-11)14(18-15)13-9-16-10(2)8-17-13/h4-9,14,18H,3,15H2,1-2H3. The Bertz CT molecular complexity index is 507. The maximum Gasteiger partial charge on any atom is 0.0897 e. The van der Waals surface area contributed by atoms with Crippen LogP contribution < -0.4 is 11.3 Å². The summed E-state index contributed by atoms with van der Waals surface area (Å²) in [5.41, 5.74) is 6.92. The molecule has 1 heterocycles. The van der Waals surface area contributed by atoms with E-state index >= 15 is 0 Å². The Morgan fingerprint density at radius 1 is 1.28 bits per heavy atom. The van der Waals surface area contributed by atoms with Gasteiger partial charge in [0.05, 0.1) is 23.6 Å². The number of rotatable bonds is 4. The molecule has 0 aliphatic carbocycles. The number of hydrogen-bond acceptors (Lipinski definition) is 4. The van der Waals surface area contributed by atoms with Crippen LogP contribution in [0.1, 0.15) is 35.5 Å². The molecule has 1 aromatic carbocycles. The molecule has 1 aromatic heterocycles. The van der Waals surface area contributed by atoms with Gasteiger partial charge in [0.15, 0.2) is 0 Å². The Balaban J connectivity index is 2.35. The van der Waals surface area contributed by atoms with E-state index in [0.717, 1.165) is 23.4 Å². The van der Waals surface area contributed by atoms with E-state index in [1.54, 1.807) is 12.4 Å². The van der Waals surface area contributed by atoms with Gasteiger partial charge in [-0.2, -0.15) is 0 Å². The summed E-state index contributed by atoms with van der Waals surface area (Å²) < 4.78 is 0. The predicted molar refractivity (Wildman–Crippen MR) is 71.8 cm³/mol. The Morgan fingerprint density at radius 2 is 2.11 bits per heavy atom. The number of benzene rings is 1. The minimum absolute atomic E-state index is 0.121. The van der Waals surface area contributed by atoms with Crippen molar-refractivity contribution >= 4 is 0 Å². The summed E-state index contributed by atoms with van der Waals surface area (Å²) in [7, 11) is 0. The van der Waals surface area contributed by atoms with Crippen LogP contribution in [0.4, 0.5) is 0 Å². The van der Waals surface area contributed by atoms with E-state index in [9.17, 15) is 0 Å². The largest absolute Gasteiger partial charge is 0.271 e. The lowest BCUT2D eigenvalue weighted by Crippen LogP contribution is -2.29. The van der Waals surface area contributed by atoms with Crippen molar-refractivity contribution in [2.24, 2.45) is 5.84 Å². The van der Waals surface area contributed by atoms with Gasteiger partial charge >= 0.3 is 0 Å². The van der Waals surface area contributed by atoms with E-state index in [-0.39, 0.29) is 6.04 Å². The van der Waals surface area contributed by atoms with Gasteiger partial charge in [0.1, 0.15) is 0 Å². The van der Waals surface area contributed by atoms with Crippen LogP contribution in [0.3, 0.4) is 0 Å². The highest BCUT2D eigenvalue weighted by atomic mass is 15.2. The first-order chi connectivity index (χ1) is 8.74. The maximum atomic E-state index is 5.65. The SMILES string of the molecule is CCc1cccc(C(NN)c2cnc(C)cn2)c1. The van der Waals surface area contributed by atoms with Gasteiger partial charge in [0, 0.05) is 6.20 Å². The second kappa shape index (κ2) is 5.71. The number of aromatic nitrogens is 2. The molecule has 1 atom stereocenters. The lowest BCUT2D eigenvalue weighted by Gasteiger charge is -2.16. The Labute approximate surface area is 107 Å². The predicted octanol–water partition coefficient (Wildman–Crippen LogP) is 1.90. The summed E-state index contributed by atoms with van der Waals surface area (Å²) in [6.07, 6.45) is 4.52. The van der Waals surface area contributed by atoms with E-state index in [0.29, 0.717) is 0 Å². The number of aryl methyl sites for hydroxylation is 2. The molecule has 2 aromatic rings. The Hall–Kier alpha value is -1.78. The van der Waals surface area contributed by atoms with Crippen LogP contribution >= 0.6 is 0 Å². The highest BCUT2D eigenvalue weighted by Gasteiger charge is 2.14. The van der Waals surface area contributed by atoms with Crippen molar-refractivity contribution in [1.82, 2.24) is 15.4 Å². The summed E-state index contributed by atoms with van der Waals surface area (Å²) >= 11 is 0. The molecular formula is C14H18N4. The van der Waals surface area contributed by atoms with Crippen LogP contribution in [0.25, 0.3) is 0 Å². The van der Waals surface area contributed by atoms with E-state index in [4.69, 9.17) is 5.84 Å².